The zero-order valence-electron chi connectivity index (χ0n) is 11.5. The van der Waals surface area contributed by atoms with Crippen molar-refractivity contribution in [3.63, 3.8) is 0 Å². The molecule has 19 heavy (non-hydrogen) atoms. The highest BCUT2D eigenvalue weighted by Crippen LogP contribution is 2.52. The summed E-state index contributed by atoms with van der Waals surface area (Å²) in [4.78, 5) is 0.836. The molecule has 1 fully saturated rings. The number of benzene rings is 1. The molecular weight excluding hydrogens is 324 g/mol. The van der Waals surface area contributed by atoms with E-state index < -0.39 is 21.7 Å². The van der Waals surface area contributed by atoms with Gasteiger partial charge in [-0.3, -0.25) is 4.21 Å². The third-order valence-corrected chi connectivity index (χ3v) is 6.67. The highest BCUT2D eigenvalue weighted by atomic mass is 79.9. The highest BCUT2D eigenvalue weighted by molar-refractivity contribution is 9.10. The maximum absolute atomic E-state index is 12.6. The molecule has 1 aliphatic heterocycles. The number of aliphatic hydroxyl groups is 1. The van der Waals surface area contributed by atoms with Gasteiger partial charge in [0.05, 0.1) is 21.7 Å². The largest absolute Gasteiger partial charge is 0.387 e. The van der Waals surface area contributed by atoms with E-state index >= 15 is 0 Å². The molecule has 0 radical (unpaired) electrons. The van der Waals surface area contributed by atoms with Crippen LogP contribution in [0.1, 0.15) is 57.6 Å². The lowest BCUT2D eigenvalue weighted by molar-refractivity contribution is 0.109. The van der Waals surface area contributed by atoms with Gasteiger partial charge in [0.15, 0.2) is 0 Å². The zero-order chi connectivity index (χ0) is 14.0. The molecule has 0 bridgehead atoms. The van der Waals surface area contributed by atoms with E-state index in [1.807, 2.05) is 32.0 Å². The van der Waals surface area contributed by atoms with Crippen molar-refractivity contribution in [2.75, 3.05) is 0 Å². The van der Waals surface area contributed by atoms with E-state index in [1.165, 1.54) is 6.42 Å². The molecule has 2 aliphatic rings. The number of aliphatic hydroxyl groups excluding tert-OH is 1. The van der Waals surface area contributed by atoms with Gasteiger partial charge in [0.25, 0.3) is 0 Å². The molecule has 0 aromatic heterocycles. The van der Waals surface area contributed by atoms with Gasteiger partial charge in [-0.15, -0.1) is 0 Å². The van der Waals surface area contributed by atoms with Crippen LogP contribution in [0.4, 0.5) is 0 Å². The molecule has 106 valence electrons. The molecule has 1 aliphatic carbocycles. The van der Waals surface area contributed by atoms with Crippen LogP contribution < -0.4 is 0 Å². The lowest BCUT2D eigenvalue weighted by atomic mass is 9.82. The first kappa shape index (κ1) is 15.2. The lowest BCUT2D eigenvalue weighted by Crippen LogP contribution is -2.38. The Morgan fingerprint density at radius 1 is 1.26 bits per heavy atom. The first-order valence-electron chi connectivity index (χ1n) is 7.04. The van der Waals surface area contributed by atoms with Crippen molar-refractivity contribution in [1.29, 1.82) is 0 Å². The number of hydrogen-bond acceptors (Lipinski definition) is 2. The fourth-order valence-electron chi connectivity index (χ4n) is 3.11. The molecule has 1 aromatic carbocycles. The number of hydrogen-bond donors (Lipinski definition) is 1. The Morgan fingerprint density at radius 2 is 1.89 bits per heavy atom. The van der Waals surface area contributed by atoms with E-state index in [4.69, 9.17) is 0 Å². The summed E-state index contributed by atoms with van der Waals surface area (Å²) in [6.07, 6.45) is 4.57. The predicted octanol–water partition coefficient (Wildman–Crippen LogP) is 4.33. The first-order chi connectivity index (χ1) is 9.15. The van der Waals surface area contributed by atoms with E-state index in [0.717, 1.165) is 40.6 Å². The van der Waals surface area contributed by atoms with E-state index in [0.29, 0.717) is 0 Å². The van der Waals surface area contributed by atoms with Gasteiger partial charge in [-0.25, -0.2) is 0 Å². The Bertz CT molecular complexity index is 481. The summed E-state index contributed by atoms with van der Waals surface area (Å²) in [5.41, 5.74) is 0.861. The molecule has 1 spiro atoms. The van der Waals surface area contributed by atoms with Crippen LogP contribution in [0.15, 0.2) is 27.6 Å². The monoisotopic (exact) mass is 344 g/mol. The van der Waals surface area contributed by atoms with Crippen molar-refractivity contribution in [2.45, 2.75) is 61.7 Å². The summed E-state index contributed by atoms with van der Waals surface area (Å²) < 4.78 is 13.2. The summed E-state index contributed by atoms with van der Waals surface area (Å²) in [5.74, 6) is 0. The van der Waals surface area contributed by atoms with Gasteiger partial charge in [0.2, 0.25) is 0 Å². The molecule has 2 nitrogen and oxygen atoms in total. The Hall–Kier alpha value is -0.190. The highest BCUT2D eigenvalue weighted by Gasteiger charge is 2.51. The maximum Gasteiger partial charge on any atom is 0.0977 e. The van der Waals surface area contributed by atoms with E-state index in [9.17, 15) is 9.32 Å². The summed E-state index contributed by atoms with van der Waals surface area (Å²) in [6.45, 7) is 4.00. The fraction of sp³-hybridized carbons (Fsp3) is 0.600. The minimum Gasteiger partial charge on any atom is -0.387 e. The Kier molecular flexibility index (Phi) is 4.85. The van der Waals surface area contributed by atoms with Crippen molar-refractivity contribution in [2.24, 2.45) is 0 Å². The van der Waals surface area contributed by atoms with Crippen LogP contribution in [0.2, 0.25) is 0 Å². The zero-order valence-corrected chi connectivity index (χ0v) is 13.9. The molecule has 0 saturated heterocycles. The number of fused-ring (bicyclic) bond motifs is 1. The summed E-state index contributed by atoms with van der Waals surface area (Å²) in [6, 6.07) is 5.72. The topological polar surface area (TPSA) is 37.3 Å². The Morgan fingerprint density at radius 3 is 2.53 bits per heavy atom. The average molecular weight is 345 g/mol. The second-order valence-electron chi connectivity index (χ2n) is 4.98. The van der Waals surface area contributed by atoms with Gasteiger partial charge >= 0.3 is 0 Å². The lowest BCUT2D eigenvalue weighted by Gasteiger charge is -2.34. The van der Waals surface area contributed by atoms with Gasteiger partial charge in [-0.1, -0.05) is 49.0 Å². The standard InChI is InChI=1S/C13H15BrO2S.C2H6/c14-9-4-5-11-10(8-9)12(15)13(17(11)16)6-2-1-3-7-13;1-2/h4-5,8,12,15H,1-3,6-7H2;1-2H3. The van der Waals surface area contributed by atoms with Gasteiger partial charge in [-0.05, 0) is 36.6 Å². The molecule has 1 saturated carbocycles. The second-order valence-corrected chi connectivity index (χ2v) is 7.68. The molecule has 4 heteroatoms. The summed E-state index contributed by atoms with van der Waals surface area (Å²) >= 11 is 3.41. The van der Waals surface area contributed by atoms with Crippen molar-refractivity contribution in [3.8, 4) is 0 Å². The predicted molar refractivity (Wildman–Crippen MR) is 82.7 cm³/mol. The van der Waals surface area contributed by atoms with Gasteiger partial charge in [0, 0.05) is 9.37 Å². The van der Waals surface area contributed by atoms with Crippen LogP contribution in [0, 0.1) is 0 Å². The fourth-order valence-corrected chi connectivity index (χ4v) is 5.50. The van der Waals surface area contributed by atoms with Crippen LogP contribution in [0.5, 0.6) is 0 Å². The molecule has 1 aromatic rings. The Labute approximate surface area is 126 Å². The van der Waals surface area contributed by atoms with E-state index in [2.05, 4.69) is 15.9 Å². The van der Waals surface area contributed by atoms with Gasteiger partial charge in [0.1, 0.15) is 0 Å². The van der Waals surface area contributed by atoms with Crippen molar-refractivity contribution >= 4 is 26.7 Å². The van der Waals surface area contributed by atoms with Crippen molar-refractivity contribution in [1.82, 2.24) is 0 Å². The van der Waals surface area contributed by atoms with Crippen molar-refractivity contribution in [3.05, 3.63) is 28.2 Å². The minimum absolute atomic E-state index is 0.401. The average Bonchev–Trinajstić information content (AvgIpc) is 2.65. The maximum atomic E-state index is 12.6. The molecule has 2 unspecified atom stereocenters. The van der Waals surface area contributed by atoms with Crippen LogP contribution in [0.25, 0.3) is 0 Å². The SMILES string of the molecule is CC.O=S1c2ccc(Br)cc2C(O)C12CCCCC2. The minimum atomic E-state index is -1.05. The van der Waals surface area contributed by atoms with E-state index in [-0.39, 0.29) is 0 Å². The molecule has 2 atom stereocenters. The quantitative estimate of drug-likeness (QED) is 0.760. The van der Waals surface area contributed by atoms with Crippen LogP contribution in [-0.4, -0.2) is 14.1 Å². The Balaban J connectivity index is 0.000000637. The normalized spacial score (nSPS) is 27.6. The third kappa shape index (κ3) is 2.43. The number of rotatable bonds is 0. The summed E-state index contributed by atoms with van der Waals surface area (Å²) in [5, 5.41) is 10.5. The van der Waals surface area contributed by atoms with Gasteiger partial charge < -0.3 is 5.11 Å². The second kappa shape index (κ2) is 6.06. The van der Waals surface area contributed by atoms with Crippen LogP contribution in [0.3, 0.4) is 0 Å². The third-order valence-electron chi connectivity index (χ3n) is 4.03. The molecular formula is C15H21BrO2S. The number of halogens is 1. The van der Waals surface area contributed by atoms with Crippen LogP contribution in [-0.2, 0) is 10.8 Å². The van der Waals surface area contributed by atoms with Crippen molar-refractivity contribution < 1.29 is 9.32 Å². The summed E-state index contributed by atoms with van der Waals surface area (Å²) in [7, 11) is -1.05. The molecule has 3 rings (SSSR count). The van der Waals surface area contributed by atoms with E-state index in [1.54, 1.807) is 0 Å². The van der Waals surface area contributed by atoms with Gasteiger partial charge in [-0.2, -0.15) is 0 Å². The smallest absolute Gasteiger partial charge is 0.0977 e. The molecule has 1 N–H and O–H groups in total. The molecule has 0 amide bonds. The van der Waals surface area contributed by atoms with Crippen LogP contribution >= 0.6 is 15.9 Å². The first-order valence-corrected chi connectivity index (χ1v) is 8.99. The molecule has 1 heterocycles.